The maximum Gasteiger partial charge on any atom is 2.00 e. The van der Waals surface area contributed by atoms with Gasteiger partial charge in [0.2, 0.25) is 0 Å². The minimum absolute atomic E-state index is 0. The molecule has 0 unspecified atom stereocenters. The molecule has 14 nitrogen and oxygen atoms in total. The average Bonchev–Trinajstić information content (AvgIpc) is 1.12. The average molecular weight is 877 g/mol. The molecule has 0 aliphatic heterocycles. The number of hydrogen-bond donors (Lipinski definition) is 6. The standard InChI is InChI=1S/6H3N.2H3O4P.3Pt/c;;;;;;2*1-5(2,3)4;;;/h6*1H3;2*(H3,1,2,3,4);;;/q;;;;;;;;3*+2/p-6. The van der Waals surface area contributed by atoms with Crippen LogP contribution >= 0.6 is 15.6 Å². The van der Waals surface area contributed by atoms with Crippen molar-refractivity contribution in [1.29, 1.82) is 0 Å². The zero-order valence-corrected chi connectivity index (χ0v) is 18.0. The van der Waals surface area contributed by atoms with Crippen LogP contribution in [-0.2, 0) is 72.3 Å². The van der Waals surface area contributed by atoms with Crippen LogP contribution < -0.4 is 66.3 Å². The zero-order valence-electron chi connectivity index (χ0n) is 9.35. The van der Waals surface area contributed by atoms with Crippen molar-refractivity contribution in [3.63, 3.8) is 0 Å². The van der Waals surface area contributed by atoms with E-state index in [2.05, 4.69) is 0 Å². The molecule has 19 heteroatoms. The van der Waals surface area contributed by atoms with Crippen LogP contribution in [0.15, 0.2) is 0 Å². The Hall–Kier alpha value is 2.04. The molecule has 0 amide bonds. The van der Waals surface area contributed by atoms with Gasteiger partial charge in [0.15, 0.2) is 0 Å². The van der Waals surface area contributed by atoms with Gasteiger partial charge in [-0.2, -0.15) is 15.6 Å². The molecule has 0 bridgehead atoms. The molecule has 0 aliphatic carbocycles. The summed E-state index contributed by atoms with van der Waals surface area (Å²) in [6.07, 6.45) is 0. The van der Waals surface area contributed by atoms with Crippen LogP contribution in [0.1, 0.15) is 0 Å². The molecule has 0 saturated carbocycles. The van der Waals surface area contributed by atoms with Gasteiger partial charge in [-0.15, -0.1) is 0 Å². The summed E-state index contributed by atoms with van der Waals surface area (Å²) in [6, 6.07) is 0. The van der Waals surface area contributed by atoms with E-state index in [1.165, 1.54) is 0 Å². The molecule has 0 rings (SSSR count). The first kappa shape index (κ1) is 83.8. The summed E-state index contributed by atoms with van der Waals surface area (Å²) in [5.74, 6) is 0. The SMILES string of the molecule is N.N.N.N.N.N.O=P([O-])([O-])[O-].O=P([O-])([O-])[O-].[Pt+2].[Pt+2].[Pt+2]. The maximum absolute atomic E-state index is 8.55. The molecule has 0 saturated heterocycles. The summed E-state index contributed by atoms with van der Waals surface area (Å²) < 4.78 is 17.1. The molecule has 0 aromatic heterocycles. The van der Waals surface area contributed by atoms with Gasteiger partial charge in [0, 0.05) is 0 Å². The van der Waals surface area contributed by atoms with Crippen LogP contribution in [0.25, 0.3) is 0 Å². The van der Waals surface area contributed by atoms with E-state index in [-0.39, 0.29) is 100 Å². The maximum atomic E-state index is 8.55. The predicted molar refractivity (Wildman–Crippen MR) is 45.3 cm³/mol. The van der Waals surface area contributed by atoms with Gasteiger partial charge in [0.25, 0.3) is 0 Å². The van der Waals surface area contributed by atoms with Crippen molar-refractivity contribution in [3.8, 4) is 0 Å². The molecule has 19 heavy (non-hydrogen) atoms. The third-order valence-electron chi connectivity index (χ3n) is 0. The van der Waals surface area contributed by atoms with Crippen molar-refractivity contribution >= 4 is 15.6 Å². The molecular weight excluding hydrogens is 859 g/mol. The molecule has 0 heterocycles. The van der Waals surface area contributed by atoms with Crippen LogP contribution in [0, 0.1) is 0 Å². The third-order valence-corrected chi connectivity index (χ3v) is 0. The third kappa shape index (κ3) is 1560. The molecule has 0 aliphatic rings. The second-order valence-corrected chi connectivity index (χ2v) is 2.68. The largest absolute Gasteiger partial charge is 2.00 e. The van der Waals surface area contributed by atoms with Gasteiger partial charge in [0.05, 0.1) is 0 Å². The number of phosphoric acid groups is 2. The minimum Gasteiger partial charge on any atom is -0.822 e. The van der Waals surface area contributed by atoms with E-state index in [9.17, 15) is 0 Å². The molecule has 0 aromatic carbocycles. The molecular formula is H18N6O8P2Pt3. The summed E-state index contributed by atoms with van der Waals surface area (Å²) >= 11 is 0. The first-order valence-electron chi connectivity index (χ1n) is 1.46. The van der Waals surface area contributed by atoms with Crippen molar-refractivity contribution in [3.05, 3.63) is 0 Å². The van der Waals surface area contributed by atoms with E-state index in [0.29, 0.717) is 0 Å². The van der Waals surface area contributed by atoms with Gasteiger partial charge >= 0.3 is 63.2 Å². The minimum atomic E-state index is -5.39. The molecule has 0 radical (unpaired) electrons. The molecule has 18 N–H and O–H groups in total. The summed E-state index contributed by atoms with van der Waals surface area (Å²) in [4.78, 5) is 51.3. The summed E-state index contributed by atoms with van der Waals surface area (Å²) in [5.41, 5.74) is 0. The van der Waals surface area contributed by atoms with Crippen LogP contribution in [0.2, 0.25) is 0 Å². The van der Waals surface area contributed by atoms with E-state index in [1.54, 1.807) is 0 Å². The predicted octanol–water partition coefficient (Wildman–Crippen LogP) is -4.68. The Morgan fingerprint density at radius 3 is 0.421 bits per heavy atom. The smallest absolute Gasteiger partial charge is 0.822 e. The summed E-state index contributed by atoms with van der Waals surface area (Å²) in [6.45, 7) is 0. The fourth-order valence-electron chi connectivity index (χ4n) is 0. The Morgan fingerprint density at radius 2 is 0.421 bits per heavy atom. The second-order valence-electron chi connectivity index (χ2n) is 0.894. The molecule has 0 spiro atoms. The van der Waals surface area contributed by atoms with Gasteiger partial charge in [-0.1, -0.05) is 0 Å². The zero-order chi connectivity index (χ0) is 9.00. The van der Waals surface area contributed by atoms with Gasteiger partial charge in [-0.05, 0) is 0 Å². The van der Waals surface area contributed by atoms with Crippen LogP contribution in [0.3, 0.4) is 0 Å². The van der Waals surface area contributed by atoms with Crippen molar-refractivity contribution < 1.29 is 102 Å². The van der Waals surface area contributed by atoms with Gasteiger partial charge in [-0.3, -0.25) is 0 Å². The molecule has 136 valence electrons. The normalized spacial score (nSPS) is 6.21. The van der Waals surface area contributed by atoms with Crippen LogP contribution in [-0.4, -0.2) is 0 Å². The number of hydrogen-bond acceptors (Lipinski definition) is 14. The summed E-state index contributed by atoms with van der Waals surface area (Å²) in [7, 11) is -10.8. The Morgan fingerprint density at radius 1 is 0.421 bits per heavy atom. The van der Waals surface area contributed by atoms with Gasteiger partial charge in [0.1, 0.15) is 0 Å². The molecule has 0 fully saturated rings. The fourth-order valence-corrected chi connectivity index (χ4v) is 0. The van der Waals surface area contributed by atoms with Crippen molar-refractivity contribution in [2.75, 3.05) is 0 Å². The Balaban J connectivity index is -0.00000000508. The van der Waals surface area contributed by atoms with Crippen molar-refractivity contribution in [2.24, 2.45) is 0 Å². The summed E-state index contributed by atoms with van der Waals surface area (Å²) in [5, 5.41) is 0. The fraction of sp³-hybridized carbons (Fsp3) is 0. The molecule has 0 aromatic rings. The van der Waals surface area contributed by atoms with E-state index in [4.69, 9.17) is 38.5 Å². The van der Waals surface area contributed by atoms with Crippen LogP contribution in [0.4, 0.5) is 0 Å². The van der Waals surface area contributed by atoms with Crippen LogP contribution in [0.5, 0.6) is 0 Å². The van der Waals surface area contributed by atoms with Gasteiger partial charge in [-0.25, -0.2) is 0 Å². The quantitative estimate of drug-likeness (QED) is 0.125. The Labute approximate surface area is 153 Å². The van der Waals surface area contributed by atoms with E-state index in [0.717, 1.165) is 0 Å². The van der Waals surface area contributed by atoms with Gasteiger partial charge < -0.3 is 75.4 Å². The first-order chi connectivity index (χ1) is 4.00. The number of rotatable bonds is 0. The molecule has 0 atom stereocenters. The topological polar surface area (TPSA) is 382 Å². The van der Waals surface area contributed by atoms with Crippen molar-refractivity contribution in [1.82, 2.24) is 36.9 Å². The second kappa shape index (κ2) is 36.9. The Kier molecular flexibility index (Phi) is 163. The van der Waals surface area contributed by atoms with E-state index in [1.807, 2.05) is 0 Å². The first-order valence-corrected chi connectivity index (χ1v) is 4.38. The van der Waals surface area contributed by atoms with E-state index < -0.39 is 15.6 Å². The monoisotopic (exact) mass is 877 g/mol. The Bertz CT molecular complexity index is 147. The van der Waals surface area contributed by atoms with Crippen molar-refractivity contribution in [2.45, 2.75) is 0 Å². The van der Waals surface area contributed by atoms with E-state index >= 15 is 0 Å².